The second-order valence-corrected chi connectivity index (χ2v) is 4.13. The Bertz CT molecular complexity index is 572. The van der Waals surface area contributed by atoms with Gasteiger partial charge in [-0.15, -0.1) is 0 Å². The summed E-state index contributed by atoms with van der Waals surface area (Å²) >= 11 is 0. The molecule has 1 heteroatoms. The zero-order chi connectivity index (χ0) is 12.2. The molecule has 0 aliphatic heterocycles. The molecule has 0 saturated heterocycles. The molecule has 2 aromatic carbocycles. The first-order chi connectivity index (χ1) is 8.95. The van der Waals surface area contributed by atoms with E-state index in [0.717, 1.165) is 11.3 Å². The van der Waals surface area contributed by atoms with Crippen molar-refractivity contribution < 1.29 is 0 Å². The minimum atomic E-state index is 1.03. The normalized spacial score (nSPS) is 10.2. The summed E-state index contributed by atoms with van der Waals surface area (Å²) in [7, 11) is 0. The molecule has 3 rings (SSSR count). The smallest absolute Gasteiger partial charge is 0.0780 e. The molecule has 0 bridgehead atoms. The van der Waals surface area contributed by atoms with E-state index in [2.05, 4.69) is 47.4 Å². The average molecular weight is 231 g/mol. The molecule has 0 amide bonds. The molecule has 18 heavy (non-hydrogen) atoms. The SMILES string of the molecule is c1ccc(-c2cccnc2-c2ccccc2)cc1. The summed E-state index contributed by atoms with van der Waals surface area (Å²) < 4.78 is 0. The average Bonchev–Trinajstić information content (AvgIpc) is 2.49. The Balaban J connectivity index is 2.18. The summed E-state index contributed by atoms with van der Waals surface area (Å²) in [5, 5.41) is 0. The van der Waals surface area contributed by atoms with Crippen molar-refractivity contribution >= 4 is 0 Å². The number of benzene rings is 2. The van der Waals surface area contributed by atoms with Crippen molar-refractivity contribution in [3.8, 4) is 22.4 Å². The van der Waals surface area contributed by atoms with E-state index in [1.807, 2.05) is 36.5 Å². The molecular weight excluding hydrogens is 218 g/mol. The lowest BCUT2D eigenvalue weighted by molar-refractivity contribution is 1.32. The molecule has 1 aromatic heterocycles. The maximum atomic E-state index is 4.53. The van der Waals surface area contributed by atoms with Crippen LogP contribution in [0.2, 0.25) is 0 Å². The number of hydrogen-bond acceptors (Lipinski definition) is 1. The highest BCUT2D eigenvalue weighted by molar-refractivity contribution is 5.80. The van der Waals surface area contributed by atoms with Crippen molar-refractivity contribution in [3.63, 3.8) is 0 Å². The van der Waals surface area contributed by atoms with Crippen molar-refractivity contribution in [2.24, 2.45) is 0 Å². The van der Waals surface area contributed by atoms with Gasteiger partial charge in [0.2, 0.25) is 0 Å². The van der Waals surface area contributed by atoms with Crippen LogP contribution in [0.15, 0.2) is 79.0 Å². The highest BCUT2D eigenvalue weighted by atomic mass is 14.7. The van der Waals surface area contributed by atoms with Crippen molar-refractivity contribution in [2.45, 2.75) is 0 Å². The van der Waals surface area contributed by atoms with Crippen LogP contribution in [-0.2, 0) is 0 Å². The Morgan fingerprint density at radius 1 is 0.556 bits per heavy atom. The Kier molecular flexibility index (Phi) is 2.89. The van der Waals surface area contributed by atoms with E-state index in [0.29, 0.717) is 0 Å². The van der Waals surface area contributed by atoms with Gasteiger partial charge in [-0.1, -0.05) is 66.7 Å². The third kappa shape index (κ3) is 2.03. The van der Waals surface area contributed by atoms with Gasteiger partial charge in [0.1, 0.15) is 0 Å². The third-order valence-corrected chi connectivity index (χ3v) is 2.94. The van der Waals surface area contributed by atoms with Crippen LogP contribution >= 0.6 is 0 Å². The Morgan fingerprint density at radius 3 is 1.83 bits per heavy atom. The second kappa shape index (κ2) is 4.84. The van der Waals surface area contributed by atoms with Gasteiger partial charge in [-0.3, -0.25) is 4.98 Å². The molecule has 0 unspecified atom stereocenters. The molecule has 1 nitrogen and oxygen atoms in total. The number of aromatic nitrogens is 1. The van der Waals surface area contributed by atoms with Crippen molar-refractivity contribution in [2.75, 3.05) is 0 Å². The number of rotatable bonds is 2. The maximum absolute atomic E-state index is 4.53. The molecular formula is C17H13N. The van der Waals surface area contributed by atoms with Gasteiger partial charge in [0, 0.05) is 17.3 Å². The first kappa shape index (κ1) is 10.7. The van der Waals surface area contributed by atoms with Crippen molar-refractivity contribution in [1.82, 2.24) is 4.98 Å². The summed E-state index contributed by atoms with van der Waals surface area (Å²) in [6, 6.07) is 24.7. The van der Waals surface area contributed by atoms with Gasteiger partial charge in [0.05, 0.1) is 5.69 Å². The molecule has 1 heterocycles. The van der Waals surface area contributed by atoms with Crippen LogP contribution in [-0.4, -0.2) is 4.98 Å². The lowest BCUT2D eigenvalue weighted by Gasteiger charge is -2.08. The quantitative estimate of drug-likeness (QED) is 0.636. The first-order valence-corrected chi connectivity index (χ1v) is 6.01. The summed E-state index contributed by atoms with van der Waals surface area (Å²) in [4.78, 5) is 4.53. The highest BCUT2D eigenvalue weighted by Crippen LogP contribution is 2.29. The van der Waals surface area contributed by atoms with E-state index in [4.69, 9.17) is 0 Å². The van der Waals surface area contributed by atoms with Crippen molar-refractivity contribution in [3.05, 3.63) is 79.0 Å². The molecule has 0 aliphatic rings. The van der Waals surface area contributed by atoms with Crippen LogP contribution < -0.4 is 0 Å². The fourth-order valence-corrected chi connectivity index (χ4v) is 2.08. The largest absolute Gasteiger partial charge is 0.256 e. The van der Waals surface area contributed by atoms with Crippen LogP contribution in [0.25, 0.3) is 22.4 Å². The minimum Gasteiger partial charge on any atom is -0.256 e. The molecule has 0 spiro atoms. The molecule has 86 valence electrons. The number of pyridine rings is 1. The molecule has 0 saturated carbocycles. The van der Waals surface area contributed by atoms with Gasteiger partial charge < -0.3 is 0 Å². The Morgan fingerprint density at radius 2 is 1.17 bits per heavy atom. The van der Waals surface area contributed by atoms with E-state index in [1.165, 1.54) is 11.1 Å². The molecule has 0 N–H and O–H groups in total. The van der Waals surface area contributed by atoms with Crippen molar-refractivity contribution in [1.29, 1.82) is 0 Å². The van der Waals surface area contributed by atoms with Crippen LogP contribution in [0.1, 0.15) is 0 Å². The molecule has 0 fully saturated rings. The monoisotopic (exact) mass is 231 g/mol. The van der Waals surface area contributed by atoms with Gasteiger partial charge in [0.25, 0.3) is 0 Å². The van der Waals surface area contributed by atoms with E-state index >= 15 is 0 Å². The van der Waals surface area contributed by atoms with E-state index < -0.39 is 0 Å². The highest BCUT2D eigenvalue weighted by Gasteiger charge is 2.06. The Hall–Kier alpha value is -2.41. The number of hydrogen-bond donors (Lipinski definition) is 0. The summed E-state index contributed by atoms with van der Waals surface area (Å²) in [5.74, 6) is 0. The lowest BCUT2D eigenvalue weighted by atomic mass is 10.00. The topological polar surface area (TPSA) is 12.9 Å². The van der Waals surface area contributed by atoms with E-state index in [1.54, 1.807) is 0 Å². The summed E-state index contributed by atoms with van der Waals surface area (Å²) in [5.41, 5.74) is 4.55. The van der Waals surface area contributed by atoms with Crippen LogP contribution in [0.4, 0.5) is 0 Å². The van der Waals surface area contributed by atoms with Gasteiger partial charge in [-0.25, -0.2) is 0 Å². The first-order valence-electron chi connectivity index (χ1n) is 6.01. The standard InChI is InChI=1S/C17H13N/c1-3-8-14(9-4-1)16-12-7-13-18-17(16)15-10-5-2-6-11-15/h1-13H. The molecule has 0 radical (unpaired) electrons. The predicted octanol–water partition coefficient (Wildman–Crippen LogP) is 4.42. The molecule has 0 atom stereocenters. The predicted molar refractivity (Wildman–Crippen MR) is 75.1 cm³/mol. The Labute approximate surface area is 107 Å². The van der Waals surface area contributed by atoms with Gasteiger partial charge in [-0.05, 0) is 11.6 Å². The zero-order valence-corrected chi connectivity index (χ0v) is 9.95. The van der Waals surface area contributed by atoms with E-state index in [-0.39, 0.29) is 0 Å². The van der Waals surface area contributed by atoms with Gasteiger partial charge in [-0.2, -0.15) is 0 Å². The fraction of sp³-hybridized carbons (Fsp3) is 0. The van der Waals surface area contributed by atoms with Crippen LogP contribution in [0.3, 0.4) is 0 Å². The third-order valence-electron chi connectivity index (χ3n) is 2.94. The van der Waals surface area contributed by atoms with Crippen LogP contribution in [0, 0.1) is 0 Å². The lowest BCUT2D eigenvalue weighted by Crippen LogP contribution is -1.88. The van der Waals surface area contributed by atoms with Crippen LogP contribution in [0.5, 0.6) is 0 Å². The summed E-state index contributed by atoms with van der Waals surface area (Å²) in [6.07, 6.45) is 1.84. The van der Waals surface area contributed by atoms with Gasteiger partial charge in [0.15, 0.2) is 0 Å². The van der Waals surface area contributed by atoms with E-state index in [9.17, 15) is 0 Å². The maximum Gasteiger partial charge on any atom is 0.0780 e. The minimum absolute atomic E-state index is 1.03. The van der Waals surface area contributed by atoms with Gasteiger partial charge >= 0.3 is 0 Å². The molecule has 3 aromatic rings. The number of nitrogens with zero attached hydrogens (tertiary/aromatic N) is 1. The zero-order valence-electron chi connectivity index (χ0n) is 9.95. The fourth-order valence-electron chi connectivity index (χ4n) is 2.08. The second-order valence-electron chi connectivity index (χ2n) is 4.13. The summed E-state index contributed by atoms with van der Waals surface area (Å²) in [6.45, 7) is 0. The molecule has 0 aliphatic carbocycles.